The molecule has 1 aromatic rings. The largest absolute Gasteiger partial charge is 0.353 e. The van der Waals surface area contributed by atoms with Gasteiger partial charge >= 0.3 is 0 Å². The fraction of sp³-hybridized carbons (Fsp3) is 0.588. The van der Waals surface area contributed by atoms with Crippen molar-refractivity contribution in [3.8, 4) is 0 Å². The molecule has 2 bridgehead atoms. The highest BCUT2D eigenvalue weighted by molar-refractivity contribution is 5.76. The van der Waals surface area contributed by atoms with Crippen LogP contribution in [0, 0.1) is 6.92 Å². The zero-order valence-electron chi connectivity index (χ0n) is 12.2. The average molecular weight is 272 g/mol. The Labute approximate surface area is 121 Å². The van der Waals surface area contributed by atoms with Gasteiger partial charge in [0.2, 0.25) is 5.91 Å². The Balaban J connectivity index is 1.47. The number of aryl methyl sites for hydroxylation is 2. The van der Waals surface area contributed by atoms with Crippen LogP contribution >= 0.6 is 0 Å². The summed E-state index contributed by atoms with van der Waals surface area (Å²) in [5.41, 5.74) is 2.56. The van der Waals surface area contributed by atoms with Crippen molar-refractivity contribution in [3.05, 3.63) is 35.4 Å². The second-order valence-electron chi connectivity index (χ2n) is 6.30. The summed E-state index contributed by atoms with van der Waals surface area (Å²) in [4.78, 5) is 12.1. The Hall–Kier alpha value is -1.35. The van der Waals surface area contributed by atoms with Crippen molar-refractivity contribution in [1.29, 1.82) is 0 Å². The molecule has 0 saturated carbocycles. The van der Waals surface area contributed by atoms with Gasteiger partial charge in [0.05, 0.1) is 0 Å². The van der Waals surface area contributed by atoms with Gasteiger partial charge in [-0.2, -0.15) is 0 Å². The van der Waals surface area contributed by atoms with Crippen LogP contribution < -0.4 is 10.6 Å². The van der Waals surface area contributed by atoms with Gasteiger partial charge in [-0.3, -0.25) is 4.79 Å². The Kier molecular flexibility index (Phi) is 4.06. The zero-order chi connectivity index (χ0) is 13.9. The molecule has 2 heterocycles. The molecule has 0 aromatic heterocycles. The van der Waals surface area contributed by atoms with Gasteiger partial charge in [0.15, 0.2) is 0 Å². The first-order chi connectivity index (χ1) is 9.70. The van der Waals surface area contributed by atoms with Crippen molar-refractivity contribution in [3.63, 3.8) is 0 Å². The molecular weight excluding hydrogens is 248 g/mol. The Bertz CT molecular complexity index is 474. The minimum Gasteiger partial charge on any atom is -0.353 e. The summed E-state index contributed by atoms with van der Waals surface area (Å²) in [6, 6.07) is 9.98. The average Bonchev–Trinajstić information content (AvgIpc) is 2.77. The summed E-state index contributed by atoms with van der Waals surface area (Å²) in [5.74, 6) is 0.208. The van der Waals surface area contributed by atoms with Crippen LogP contribution in [-0.2, 0) is 11.2 Å². The highest BCUT2D eigenvalue weighted by Crippen LogP contribution is 2.26. The number of piperidine rings is 1. The van der Waals surface area contributed by atoms with Gasteiger partial charge in [0.25, 0.3) is 0 Å². The van der Waals surface area contributed by atoms with E-state index in [4.69, 9.17) is 0 Å². The number of carbonyl (C=O) groups excluding carboxylic acids is 1. The number of carbonyl (C=O) groups is 1. The van der Waals surface area contributed by atoms with E-state index >= 15 is 0 Å². The lowest BCUT2D eigenvalue weighted by Gasteiger charge is -2.29. The second-order valence-corrected chi connectivity index (χ2v) is 6.30. The molecule has 0 aliphatic carbocycles. The van der Waals surface area contributed by atoms with Crippen LogP contribution in [0.5, 0.6) is 0 Å². The SMILES string of the molecule is Cc1ccccc1CCC(=O)NC1CC2CCC(C1)N2. The van der Waals surface area contributed by atoms with E-state index in [0.717, 1.165) is 19.3 Å². The number of fused-ring (bicyclic) bond motifs is 2. The Morgan fingerprint density at radius 3 is 2.65 bits per heavy atom. The summed E-state index contributed by atoms with van der Waals surface area (Å²) in [6.45, 7) is 2.11. The van der Waals surface area contributed by atoms with Crippen LogP contribution in [0.2, 0.25) is 0 Å². The van der Waals surface area contributed by atoms with Gasteiger partial charge in [0, 0.05) is 24.5 Å². The predicted octanol–water partition coefficient (Wildman–Crippen LogP) is 2.33. The Morgan fingerprint density at radius 1 is 1.25 bits per heavy atom. The van der Waals surface area contributed by atoms with Gasteiger partial charge in [-0.1, -0.05) is 24.3 Å². The number of hydrogen-bond donors (Lipinski definition) is 2. The van der Waals surface area contributed by atoms with Crippen LogP contribution in [0.3, 0.4) is 0 Å². The number of hydrogen-bond acceptors (Lipinski definition) is 2. The molecular formula is C17H24N2O. The second kappa shape index (κ2) is 5.96. The summed E-state index contributed by atoms with van der Waals surface area (Å²) in [6.07, 6.45) is 6.21. The van der Waals surface area contributed by atoms with Crippen molar-refractivity contribution < 1.29 is 4.79 Å². The molecule has 3 heteroatoms. The molecule has 2 N–H and O–H groups in total. The summed E-state index contributed by atoms with van der Waals surface area (Å²) >= 11 is 0. The molecule has 2 fully saturated rings. The molecule has 3 nitrogen and oxygen atoms in total. The van der Waals surface area contributed by atoms with Crippen LogP contribution in [0.15, 0.2) is 24.3 Å². The van der Waals surface area contributed by atoms with E-state index < -0.39 is 0 Å². The first-order valence-corrected chi connectivity index (χ1v) is 7.80. The molecule has 2 aliphatic rings. The third kappa shape index (κ3) is 3.21. The van der Waals surface area contributed by atoms with E-state index in [-0.39, 0.29) is 5.91 Å². The molecule has 2 unspecified atom stereocenters. The lowest BCUT2D eigenvalue weighted by Crippen LogP contribution is -2.48. The number of rotatable bonds is 4. The summed E-state index contributed by atoms with van der Waals surface area (Å²) in [7, 11) is 0. The lowest BCUT2D eigenvalue weighted by molar-refractivity contribution is -0.122. The quantitative estimate of drug-likeness (QED) is 0.883. The van der Waals surface area contributed by atoms with Crippen LogP contribution in [0.4, 0.5) is 0 Å². The molecule has 2 aliphatic heterocycles. The van der Waals surface area contributed by atoms with Gasteiger partial charge < -0.3 is 10.6 Å². The van der Waals surface area contributed by atoms with Crippen molar-refractivity contribution in [2.24, 2.45) is 0 Å². The van der Waals surface area contributed by atoms with Crippen molar-refractivity contribution >= 4 is 5.91 Å². The van der Waals surface area contributed by atoms with Crippen molar-refractivity contribution in [1.82, 2.24) is 10.6 Å². The van der Waals surface area contributed by atoms with Gasteiger partial charge in [-0.15, -0.1) is 0 Å². The first-order valence-electron chi connectivity index (χ1n) is 7.80. The third-order valence-corrected chi connectivity index (χ3v) is 4.72. The molecule has 1 amide bonds. The van der Waals surface area contributed by atoms with Crippen LogP contribution in [-0.4, -0.2) is 24.0 Å². The van der Waals surface area contributed by atoms with Crippen LogP contribution in [0.25, 0.3) is 0 Å². The van der Waals surface area contributed by atoms with Crippen molar-refractivity contribution in [2.45, 2.75) is 63.6 Å². The maximum Gasteiger partial charge on any atom is 0.220 e. The smallest absolute Gasteiger partial charge is 0.220 e. The number of amides is 1. The summed E-state index contributed by atoms with van der Waals surface area (Å²) in [5, 5.41) is 6.84. The van der Waals surface area contributed by atoms with E-state index in [1.54, 1.807) is 0 Å². The zero-order valence-corrected chi connectivity index (χ0v) is 12.2. The topological polar surface area (TPSA) is 41.1 Å². The van der Waals surface area contributed by atoms with Gasteiger partial charge in [-0.25, -0.2) is 0 Å². The maximum atomic E-state index is 12.1. The first kappa shape index (κ1) is 13.6. The normalized spacial score (nSPS) is 28.4. The van der Waals surface area contributed by atoms with E-state index in [1.807, 2.05) is 12.1 Å². The predicted molar refractivity (Wildman–Crippen MR) is 80.6 cm³/mol. The lowest BCUT2D eigenvalue weighted by atomic mass is 9.99. The fourth-order valence-corrected chi connectivity index (χ4v) is 3.61. The molecule has 2 saturated heterocycles. The van der Waals surface area contributed by atoms with Gasteiger partial charge in [-0.05, 0) is 50.2 Å². The molecule has 3 rings (SSSR count). The minimum absolute atomic E-state index is 0.208. The molecule has 2 atom stereocenters. The van der Waals surface area contributed by atoms with E-state index in [9.17, 15) is 4.79 Å². The molecule has 1 aromatic carbocycles. The standard InChI is InChI=1S/C17H24N2O/c1-12-4-2-3-5-13(12)6-9-17(20)19-16-10-14-7-8-15(11-16)18-14/h2-5,14-16,18H,6-11H2,1H3,(H,19,20). The van der Waals surface area contributed by atoms with Crippen molar-refractivity contribution in [2.75, 3.05) is 0 Å². The molecule has 0 spiro atoms. The maximum absolute atomic E-state index is 12.1. The highest BCUT2D eigenvalue weighted by atomic mass is 16.1. The molecule has 0 radical (unpaired) electrons. The highest BCUT2D eigenvalue weighted by Gasteiger charge is 2.33. The fourth-order valence-electron chi connectivity index (χ4n) is 3.61. The third-order valence-electron chi connectivity index (χ3n) is 4.72. The molecule has 20 heavy (non-hydrogen) atoms. The summed E-state index contributed by atoms with van der Waals surface area (Å²) < 4.78 is 0. The van der Waals surface area contributed by atoms with E-state index in [2.05, 4.69) is 29.7 Å². The monoisotopic (exact) mass is 272 g/mol. The van der Waals surface area contributed by atoms with E-state index in [0.29, 0.717) is 24.5 Å². The Morgan fingerprint density at radius 2 is 1.95 bits per heavy atom. The minimum atomic E-state index is 0.208. The van der Waals surface area contributed by atoms with Gasteiger partial charge in [0.1, 0.15) is 0 Å². The van der Waals surface area contributed by atoms with E-state index in [1.165, 1.54) is 24.0 Å². The van der Waals surface area contributed by atoms with Crippen LogP contribution in [0.1, 0.15) is 43.2 Å². The number of nitrogens with one attached hydrogen (secondary N) is 2. The number of benzene rings is 1. The molecule has 108 valence electrons.